The molecule has 0 saturated heterocycles. The fourth-order valence-electron chi connectivity index (χ4n) is 11.6. The first-order valence-corrected chi connectivity index (χ1v) is 29.7. The van der Waals surface area contributed by atoms with Gasteiger partial charge in [0.05, 0.1) is 62.6 Å². The fourth-order valence-corrected chi connectivity index (χ4v) is 15.6. The second kappa shape index (κ2) is 21.6. The Balaban J connectivity index is 1.37. The zero-order chi connectivity index (χ0) is 54.3. The third-order valence-electron chi connectivity index (χ3n) is 15.2. The minimum atomic E-state index is -4.68. The van der Waals surface area contributed by atoms with Gasteiger partial charge in [-0.15, -0.1) is 0 Å². The van der Waals surface area contributed by atoms with E-state index in [1.807, 2.05) is 146 Å². The Labute approximate surface area is 457 Å². The van der Waals surface area contributed by atoms with Gasteiger partial charge in [0.15, 0.2) is 0 Å². The number of rotatable bonds is 20. The third kappa shape index (κ3) is 8.70. The molecule has 0 fully saturated rings. The third-order valence-corrected chi connectivity index (χ3v) is 19.0. The molecule has 2 aliphatic rings. The molecule has 78 heavy (non-hydrogen) atoms. The molecule has 0 aliphatic carbocycles. The number of sulfone groups is 2. The molecule has 0 aromatic heterocycles. The molecule has 0 amide bonds. The highest BCUT2D eigenvalue weighted by Gasteiger charge is 2.52. The summed E-state index contributed by atoms with van der Waals surface area (Å²) in [5.41, 5.74) is 5.79. The molecule has 0 atom stereocenters. The molecule has 398 valence electrons. The average molecular weight is 1080 g/mol. The molecule has 0 spiro atoms. The van der Waals surface area contributed by atoms with Gasteiger partial charge in [-0.2, -0.15) is 0 Å². The summed E-state index contributed by atoms with van der Waals surface area (Å²) in [6, 6.07) is 45.4. The summed E-state index contributed by atoms with van der Waals surface area (Å²) < 4.78 is 105. The van der Waals surface area contributed by atoms with Gasteiger partial charge in [0.1, 0.15) is 44.3 Å². The van der Waals surface area contributed by atoms with E-state index in [9.17, 15) is 0 Å². The van der Waals surface area contributed by atoms with Crippen molar-refractivity contribution in [3.63, 3.8) is 0 Å². The number of unbranched alkanes of at least 4 members (excludes halogenated alkanes) is 6. The van der Waals surface area contributed by atoms with Crippen LogP contribution in [0.25, 0.3) is 88.3 Å². The summed E-state index contributed by atoms with van der Waals surface area (Å²) in [6.07, 6.45) is 6.63. The summed E-state index contributed by atoms with van der Waals surface area (Å²) in [5, 5.41) is 2.89. The molecule has 0 saturated carbocycles. The molecule has 11 rings (SSSR count). The van der Waals surface area contributed by atoms with Gasteiger partial charge in [-0.05, 0) is 116 Å². The summed E-state index contributed by atoms with van der Waals surface area (Å²) in [7, 11) is -2.97. The van der Waals surface area contributed by atoms with Crippen molar-refractivity contribution in [2.45, 2.75) is 84.8 Å². The van der Waals surface area contributed by atoms with Crippen LogP contribution < -0.4 is 28.4 Å². The number of methoxy groups -OCH3 is 4. The summed E-state index contributed by atoms with van der Waals surface area (Å²) >= 11 is 0. The maximum absolute atomic E-state index is 16.9. The number of benzene rings is 9. The Hall–Kier alpha value is -7.80. The maximum Gasteiger partial charge on any atom is 0.212 e. The molecule has 12 heteroatoms. The lowest BCUT2D eigenvalue weighted by Crippen LogP contribution is -2.10. The van der Waals surface area contributed by atoms with Crippen LogP contribution in [0, 0.1) is 0 Å². The first-order valence-electron chi connectivity index (χ1n) is 26.8. The van der Waals surface area contributed by atoms with Crippen LogP contribution >= 0.6 is 0 Å². The van der Waals surface area contributed by atoms with Crippen LogP contribution in [0.4, 0.5) is 0 Å². The Kier molecular flexibility index (Phi) is 14.4. The van der Waals surface area contributed by atoms with Crippen molar-refractivity contribution >= 4 is 41.2 Å². The van der Waals surface area contributed by atoms with Crippen LogP contribution in [0.15, 0.2) is 165 Å². The van der Waals surface area contributed by atoms with Gasteiger partial charge < -0.3 is 28.4 Å². The van der Waals surface area contributed by atoms with Crippen molar-refractivity contribution in [1.82, 2.24) is 0 Å². The van der Waals surface area contributed by atoms with Crippen molar-refractivity contribution in [3.8, 4) is 101 Å². The Morgan fingerprint density at radius 3 is 0.872 bits per heavy atom. The predicted octanol–water partition coefficient (Wildman–Crippen LogP) is 16.2. The highest BCUT2D eigenvalue weighted by Crippen LogP contribution is 2.68. The van der Waals surface area contributed by atoms with Gasteiger partial charge in [-0.25, -0.2) is 16.8 Å². The normalized spacial score (nSPS) is 13.4. The summed E-state index contributed by atoms with van der Waals surface area (Å²) in [5.74, 6) is 2.40. The van der Waals surface area contributed by atoms with Crippen molar-refractivity contribution in [2.75, 3.05) is 41.7 Å². The molecule has 2 aliphatic heterocycles. The summed E-state index contributed by atoms with van der Waals surface area (Å²) in [4.78, 5) is -0.183. The van der Waals surface area contributed by atoms with Crippen molar-refractivity contribution in [1.29, 1.82) is 0 Å². The number of ether oxygens (including phenoxy) is 6. The maximum atomic E-state index is 16.9. The Morgan fingerprint density at radius 2 is 0.590 bits per heavy atom. The van der Waals surface area contributed by atoms with Gasteiger partial charge in [0, 0.05) is 22.3 Å². The minimum absolute atomic E-state index is 0.0236. The Bertz CT molecular complexity index is 3720. The first-order chi connectivity index (χ1) is 38.0. The van der Waals surface area contributed by atoms with Crippen molar-refractivity contribution in [2.24, 2.45) is 0 Å². The van der Waals surface area contributed by atoms with E-state index >= 15 is 16.8 Å². The van der Waals surface area contributed by atoms with Crippen LogP contribution in [0.5, 0.6) is 34.5 Å². The molecule has 0 radical (unpaired) electrons. The molecule has 0 N–H and O–H groups in total. The minimum Gasteiger partial charge on any atom is -0.497 e. The van der Waals surface area contributed by atoms with Crippen LogP contribution in [-0.2, 0) is 19.7 Å². The second-order valence-corrected chi connectivity index (χ2v) is 23.5. The number of hydrogen-bond acceptors (Lipinski definition) is 10. The van der Waals surface area contributed by atoms with E-state index in [4.69, 9.17) is 28.4 Å². The Morgan fingerprint density at radius 1 is 0.308 bits per heavy atom. The average Bonchev–Trinajstić information content (AvgIpc) is 3.08. The van der Waals surface area contributed by atoms with Gasteiger partial charge in [0.25, 0.3) is 0 Å². The van der Waals surface area contributed by atoms with E-state index in [1.165, 1.54) is 0 Å². The molecule has 9 aromatic carbocycles. The van der Waals surface area contributed by atoms with Gasteiger partial charge in [-0.3, -0.25) is 0 Å². The predicted molar refractivity (Wildman–Crippen MR) is 310 cm³/mol. The zero-order valence-corrected chi connectivity index (χ0v) is 46.5. The highest BCUT2D eigenvalue weighted by atomic mass is 32.2. The molecule has 10 nitrogen and oxygen atoms in total. The van der Waals surface area contributed by atoms with Crippen LogP contribution in [-0.4, -0.2) is 58.5 Å². The fraction of sp³-hybridized carbons (Fsp3) is 0.242. The molecular formula is C66H62O10S2. The summed E-state index contributed by atoms with van der Waals surface area (Å²) in [6.45, 7) is 4.49. The molecular weight excluding hydrogens is 1020 g/mol. The lowest BCUT2D eigenvalue weighted by Gasteiger charge is -2.22. The smallest absolute Gasteiger partial charge is 0.212 e. The monoisotopic (exact) mass is 1080 g/mol. The van der Waals surface area contributed by atoms with Crippen molar-refractivity contribution in [3.05, 3.63) is 146 Å². The standard InChI is InChI=1S/C66H62O10S2/c1-7-9-11-17-39-75-61-59-57-53(41-23-31-45(71-3)32-24-41)49-19-13-15-21-51(49)55(43-27-35-47(73-5)36-28-43)63(57)78(69,70)66(59)62(76-40-18-12-10-8-2)60-58-54(42-25-33-46(72-4)34-26-42)50-20-14-16-22-52(50)56(64(58)77(67,68)65(60)61)44-29-37-48(74-6)38-30-44/h13-16,19-38H,7-12,17-18,39-40H2,1-6H3. The van der Waals surface area contributed by atoms with Crippen LogP contribution in [0.2, 0.25) is 0 Å². The van der Waals surface area contributed by atoms with E-state index in [-0.39, 0.29) is 55.4 Å². The topological polar surface area (TPSA) is 124 Å². The van der Waals surface area contributed by atoms with E-state index in [0.29, 0.717) is 102 Å². The quantitative estimate of drug-likeness (QED) is 0.0682. The van der Waals surface area contributed by atoms with E-state index in [2.05, 4.69) is 13.8 Å². The molecule has 2 heterocycles. The van der Waals surface area contributed by atoms with Gasteiger partial charge >= 0.3 is 0 Å². The van der Waals surface area contributed by atoms with Crippen molar-refractivity contribution < 1.29 is 45.3 Å². The first kappa shape index (κ1) is 52.3. The highest BCUT2D eigenvalue weighted by molar-refractivity contribution is 7.93. The SMILES string of the molecule is CCCCCCOc1c2c(c(OCCCCCC)c3c1S(=O)(=O)c1c-3c(-c3ccc(OC)cc3)c3ccccc3c1-c1ccc(OC)cc1)S(=O)(=O)c1c-2c(-c2ccc(OC)cc2)c2ccccc2c1-c1ccc(OC)cc1. The van der Waals surface area contributed by atoms with Gasteiger partial charge in [-0.1, -0.05) is 149 Å². The van der Waals surface area contributed by atoms with E-state index in [0.717, 1.165) is 49.3 Å². The lowest BCUT2D eigenvalue weighted by atomic mass is 9.83. The van der Waals surface area contributed by atoms with E-state index < -0.39 is 19.7 Å². The lowest BCUT2D eigenvalue weighted by molar-refractivity contribution is 0.287. The number of hydrogen-bond donors (Lipinski definition) is 0. The zero-order valence-electron chi connectivity index (χ0n) is 44.8. The van der Waals surface area contributed by atoms with Crippen LogP contribution in [0.1, 0.15) is 65.2 Å². The molecule has 9 aromatic rings. The van der Waals surface area contributed by atoms with Crippen LogP contribution in [0.3, 0.4) is 0 Å². The molecule has 0 unspecified atom stereocenters. The largest absolute Gasteiger partial charge is 0.497 e. The number of fused-ring (bicyclic) bond motifs is 8. The van der Waals surface area contributed by atoms with E-state index in [1.54, 1.807) is 28.4 Å². The van der Waals surface area contributed by atoms with Gasteiger partial charge in [0.2, 0.25) is 19.7 Å². The molecule has 0 bridgehead atoms. The second-order valence-electron chi connectivity index (χ2n) is 19.8.